The number of halogens is 9. The van der Waals surface area contributed by atoms with Crippen molar-refractivity contribution in [3.8, 4) is 33.8 Å². The van der Waals surface area contributed by atoms with Crippen LogP contribution in [0.4, 0.5) is 17.6 Å². The summed E-state index contributed by atoms with van der Waals surface area (Å²) in [5.74, 6) is -4.05. The fraction of sp³-hybridized carbons (Fsp3) is 0.425. The van der Waals surface area contributed by atoms with Gasteiger partial charge in [-0.1, -0.05) is 73.2 Å². The van der Waals surface area contributed by atoms with E-state index in [9.17, 15) is 46.3 Å². The lowest BCUT2D eigenvalue weighted by Gasteiger charge is -2.38. The molecular weight excluding hydrogens is 1570 g/mol. The number of carbonyl (C=O) groups is 5. The third kappa shape index (κ3) is 17.7. The minimum Gasteiger partial charge on any atom is -0.423 e. The van der Waals surface area contributed by atoms with Crippen LogP contribution in [0.2, 0.25) is 20.1 Å². The topological polar surface area (TPSA) is 346 Å². The van der Waals surface area contributed by atoms with Gasteiger partial charge in [-0.2, -0.15) is 20.4 Å². The zero-order valence-electron chi connectivity index (χ0n) is 59.0. The van der Waals surface area contributed by atoms with Crippen molar-refractivity contribution in [2.45, 2.75) is 181 Å². The number of rotatable bonds is 9. The maximum atomic E-state index is 13.6. The van der Waals surface area contributed by atoms with Gasteiger partial charge in [-0.3, -0.25) is 42.7 Å². The summed E-state index contributed by atoms with van der Waals surface area (Å²) >= 11 is 25.1. The number of isocyanates is 1. The van der Waals surface area contributed by atoms with E-state index in [1.807, 2.05) is 60.5 Å². The lowest BCUT2D eigenvalue weighted by Crippen LogP contribution is -2.49. The average molecular weight is 1650 g/mol. The summed E-state index contributed by atoms with van der Waals surface area (Å²) in [4.78, 5) is 75.3. The number of aliphatic imine (C=N–C) groups is 1. The predicted octanol–water partition coefficient (Wildman–Crippen LogP) is 11.6. The molecule has 0 saturated heterocycles. The summed E-state index contributed by atoms with van der Waals surface area (Å²) < 4.78 is 61.1. The molecule has 0 atom stereocenters. The van der Waals surface area contributed by atoms with Crippen molar-refractivity contribution < 1.29 is 56.4 Å². The van der Waals surface area contributed by atoms with Crippen molar-refractivity contribution in [1.29, 1.82) is 0 Å². The van der Waals surface area contributed by atoms with Crippen molar-refractivity contribution in [2.24, 2.45) is 44.2 Å². The molecule has 33 heteroatoms. The van der Waals surface area contributed by atoms with Crippen molar-refractivity contribution in [1.82, 2.24) is 49.3 Å². The van der Waals surface area contributed by atoms with Gasteiger partial charge in [0, 0.05) is 48.3 Å². The molecule has 5 amide bonds. The number of nitrogens with zero attached hydrogens (tertiary/aromatic N) is 10. The van der Waals surface area contributed by atoms with Crippen molar-refractivity contribution >= 4 is 117 Å². The monoisotopic (exact) mass is 1650 g/mol. The van der Waals surface area contributed by atoms with Gasteiger partial charge in [0.2, 0.25) is 12.0 Å². The van der Waals surface area contributed by atoms with Crippen LogP contribution in [0.25, 0.3) is 33.8 Å². The second-order valence-corrected chi connectivity index (χ2v) is 33.2. The molecule has 560 valence electrons. The maximum absolute atomic E-state index is 13.6. The fourth-order valence-corrected chi connectivity index (χ4v) is 15.2. The van der Waals surface area contributed by atoms with Gasteiger partial charge in [0.05, 0.1) is 95.8 Å². The minimum absolute atomic E-state index is 0.00400. The van der Waals surface area contributed by atoms with Crippen LogP contribution in [0, 0.1) is 43.2 Å². The Morgan fingerprint density at radius 1 is 0.547 bits per heavy atom. The van der Waals surface area contributed by atoms with Crippen molar-refractivity contribution in [2.75, 3.05) is 0 Å². The Balaban J connectivity index is 0.000000133. The van der Waals surface area contributed by atoms with E-state index >= 15 is 0 Å². The summed E-state index contributed by atoms with van der Waals surface area (Å²) in [6.07, 6.45) is 15.0. The number of fused-ring (bicyclic) bond motifs is 4. The highest BCUT2D eigenvalue weighted by Crippen LogP contribution is 2.55. The minimum atomic E-state index is -1.60. The summed E-state index contributed by atoms with van der Waals surface area (Å²) in [5, 5.41) is 38.7. The van der Waals surface area contributed by atoms with Gasteiger partial charge in [-0.15, -0.1) is 0 Å². The second-order valence-electron chi connectivity index (χ2n) is 30.6. The second kappa shape index (κ2) is 30.6. The Bertz CT molecular complexity index is 4740. The van der Waals surface area contributed by atoms with Crippen LogP contribution in [0.3, 0.4) is 0 Å². The maximum Gasteiger partial charge on any atom is 0.488 e. The first-order valence-corrected chi connectivity index (χ1v) is 36.9. The molecule has 8 aliphatic rings. The molecule has 4 aliphatic carbocycles. The van der Waals surface area contributed by atoms with Gasteiger partial charge in [0.15, 0.2) is 0 Å². The normalized spacial score (nSPS) is 17.0. The molecule has 8 aromatic rings. The summed E-state index contributed by atoms with van der Waals surface area (Å²) in [6, 6.07) is 16.3. The van der Waals surface area contributed by atoms with Crippen LogP contribution in [0.1, 0.15) is 176 Å². The van der Waals surface area contributed by atoms with Gasteiger partial charge in [0.1, 0.15) is 44.1 Å². The van der Waals surface area contributed by atoms with Gasteiger partial charge >= 0.3 is 7.12 Å². The predicted molar refractivity (Wildman–Crippen MR) is 401 cm³/mol. The summed E-state index contributed by atoms with van der Waals surface area (Å²) in [7, 11) is -1.60. The largest absolute Gasteiger partial charge is 0.488 e. The van der Waals surface area contributed by atoms with Crippen LogP contribution in [0.15, 0.2) is 77.8 Å². The molecule has 4 fully saturated rings. The third-order valence-electron chi connectivity index (χ3n) is 20.1. The quantitative estimate of drug-likeness (QED) is 0.0233. The highest BCUT2D eigenvalue weighted by Gasteiger charge is 2.55. The highest BCUT2D eigenvalue weighted by molar-refractivity contribution is 14.1. The van der Waals surface area contributed by atoms with Gasteiger partial charge in [-0.05, 0) is 209 Å². The number of hydrogen-bond donors (Lipinski definition) is 7. The van der Waals surface area contributed by atoms with E-state index in [0.29, 0.717) is 86.5 Å². The smallest absolute Gasteiger partial charge is 0.423 e. The Morgan fingerprint density at radius 2 is 0.943 bits per heavy atom. The fourth-order valence-electron chi connectivity index (χ4n) is 13.7. The van der Waals surface area contributed by atoms with E-state index in [-0.39, 0.29) is 71.5 Å². The van der Waals surface area contributed by atoms with E-state index in [4.69, 9.17) is 79.4 Å². The molecule has 16 rings (SSSR count). The summed E-state index contributed by atoms with van der Waals surface area (Å²) in [5.41, 5.74) is 30.8. The van der Waals surface area contributed by atoms with Crippen LogP contribution in [-0.4, -0.2) is 113 Å². The number of amides is 5. The van der Waals surface area contributed by atoms with E-state index in [1.54, 1.807) is 16.8 Å². The van der Waals surface area contributed by atoms with Crippen LogP contribution in [0.5, 0.6) is 0 Å². The standard InChI is InChI=1S/C21H24ClFN4O2.C16H15ClFN3O.C15H14ClFN4O.C10H12IN3O.C6H5BClFO2.C5H9NO/c1-20(2,3)9-16(28)26-10-15-17(19(24)29)18(12-4-5-14(23)13(22)8-12)25-27(15)11-21(26)6-7-21;17-10-7-9(1-2-11(10)18)14-13(15(19)22)12-3-4-16(5-6-16)8-21(12)20-14;16-9-5-8(1-2-10(9)17)13-12(14(18)22)11-6-19-15(3-4-15)7-21(11)20-13;11-8-7(9(12)15)6-1-2-10(3-4-10)5-14(6)13-8;8-5-3-4(7(10)11)1-2-6(5)9;1-5(2,3)6-4-7/h4-5,8H,6-7,9-11H2,1-3H3,(H2,24,29);1-2,7H,3-6,8H2,(H2,19,22);1-2,5,19H,3-4,6-7H2,(H2,18,22);1-5H2,(H2,12,15);1-3,10-11H;1-3H3. The molecule has 8 heterocycles. The van der Waals surface area contributed by atoms with Gasteiger partial charge in [-0.25, -0.2) is 27.3 Å². The van der Waals surface area contributed by atoms with E-state index in [0.717, 1.165) is 91.4 Å². The number of hydrogen-bond acceptors (Lipinski definition) is 14. The highest BCUT2D eigenvalue weighted by atomic mass is 127. The Hall–Kier alpha value is -8.00. The number of carbonyl (C=O) groups excluding carboxylic acids is 6. The number of nitrogens with one attached hydrogen (secondary N) is 1. The molecule has 4 aromatic carbocycles. The van der Waals surface area contributed by atoms with Crippen LogP contribution < -0.4 is 33.7 Å². The molecule has 0 unspecified atom stereocenters. The van der Waals surface area contributed by atoms with Gasteiger partial charge < -0.3 is 43.2 Å². The van der Waals surface area contributed by atoms with Crippen LogP contribution >= 0.6 is 69.0 Å². The van der Waals surface area contributed by atoms with E-state index in [2.05, 4.69) is 53.3 Å². The number of aromatic nitrogens is 8. The molecule has 4 aromatic heterocycles. The van der Waals surface area contributed by atoms with Gasteiger partial charge in [0.25, 0.3) is 23.6 Å². The van der Waals surface area contributed by atoms with Crippen LogP contribution in [-0.2, 0) is 61.7 Å². The third-order valence-corrected chi connectivity index (χ3v) is 22.0. The lowest BCUT2D eigenvalue weighted by molar-refractivity contribution is -0.138. The lowest BCUT2D eigenvalue weighted by atomic mass is 9.80. The molecule has 4 saturated carbocycles. The molecule has 11 N–H and O–H groups in total. The van der Waals surface area contributed by atoms with Crippen molar-refractivity contribution in [3.63, 3.8) is 0 Å². The number of primary amides is 4. The van der Waals surface area contributed by atoms with E-state index in [1.165, 1.54) is 92.8 Å². The van der Waals surface area contributed by atoms with E-state index < -0.39 is 48.1 Å². The van der Waals surface area contributed by atoms with Crippen molar-refractivity contribution in [3.05, 3.63) is 165 Å². The zero-order chi connectivity index (χ0) is 77.1. The Labute approximate surface area is 642 Å². The first kappa shape index (κ1) is 79.1. The molecule has 0 radical (unpaired) electrons. The summed E-state index contributed by atoms with van der Waals surface area (Å²) in [6.45, 7) is 15.5. The zero-order valence-corrected chi connectivity index (χ0v) is 64.1. The molecule has 23 nitrogen and oxygen atoms in total. The molecule has 106 heavy (non-hydrogen) atoms. The average Bonchev–Trinajstić information content (AvgIpc) is 1.58. The number of benzene rings is 4. The SMILES string of the molecule is CC(C)(C)CC(=O)N1Cc2c(C(N)=O)c(-c3ccc(F)c(Cl)c3)nn2CC12CC2.CC(C)(C)N=C=O.NC(=O)c1c(-c2ccc(F)c(Cl)c2)nn2c1CCC1(CC1)C2.NC(=O)c1c(-c2ccc(F)c(Cl)c2)nn2c1CNC1(CC1)C2.NC(=O)c1c(I)nn2c1CCC1(CC1)C2.OB(O)c1ccc(F)c(Cl)c1. The molecule has 0 bridgehead atoms. The Kier molecular flexibility index (Phi) is 22.8. The first-order chi connectivity index (χ1) is 49.8. The Morgan fingerprint density at radius 3 is 1.31 bits per heavy atom. The number of nitrogens with two attached hydrogens (primary N) is 4. The molecular formula is C73H79BCl4F4IN15O8. The first-order valence-electron chi connectivity index (χ1n) is 34.3. The molecule has 4 aliphatic heterocycles. The molecule has 4 spiro atoms.